The molecule has 2 aliphatic rings. The van der Waals surface area contributed by atoms with Crippen LogP contribution in [0.2, 0.25) is 18.1 Å². The van der Waals surface area contributed by atoms with Gasteiger partial charge in [0.2, 0.25) is 5.95 Å². The monoisotopic (exact) mass is 704 g/mol. The lowest BCUT2D eigenvalue weighted by Crippen LogP contribution is -2.40. The molecule has 8 nitrogen and oxygen atoms in total. The second-order valence-electron chi connectivity index (χ2n) is 14.8. The van der Waals surface area contributed by atoms with E-state index in [1.807, 2.05) is 48.7 Å². The summed E-state index contributed by atoms with van der Waals surface area (Å²) in [6, 6.07) is 21.6. The summed E-state index contributed by atoms with van der Waals surface area (Å²) >= 11 is 0. The molecule has 2 aromatic carbocycles. The van der Waals surface area contributed by atoms with Crippen LogP contribution in [0.3, 0.4) is 0 Å². The predicted octanol–water partition coefficient (Wildman–Crippen LogP) is 9.42. The molecule has 2 aromatic heterocycles. The van der Waals surface area contributed by atoms with Gasteiger partial charge < -0.3 is 9.74 Å². The molecule has 2 aliphatic heterocycles. The van der Waals surface area contributed by atoms with E-state index in [1.54, 1.807) is 0 Å². The van der Waals surface area contributed by atoms with Gasteiger partial charge in [0.1, 0.15) is 11.4 Å². The van der Waals surface area contributed by atoms with Gasteiger partial charge in [-0.2, -0.15) is 18.2 Å². The maximum atomic E-state index is 14.0. The van der Waals surface area contributed by atoms with E-state index in [0.717, 1.165) is 49.8 Å². The first kappa shape index (κ1) is 36.0. The Morgan fingerprint density at radius 2 is 1.56 bits per heavy atom. The van der Waals surface area contributed by atoms with Crippen LogP contribution in [0.5, 0.6) is 0 Å². The van der Waals surface area contributed by atoms with Gasteiger partial charge in [-0.25, -0.2) is 15.0 Å². The Balaban J connectivity index is 1.04. The zero-order chi connectivity index (χ0) is 35.5. The summed E-state index contributed by atoms with van der Waals surface area (Å²) in [5.41, 5.74) is 3.56. The third kappa shape index (κ3) is 8.54. The summed E-state index contributed by atoms with van der Waals surface area (Å²) < 4.78 is 48.5. The van der Waals surface area contributed by atoms with Crippen LogP contribution < -0.4 is 10.4 Å². The number of piperidine rings is 1. The normalized spacial score (nSPS) is 18.1. The van der Waals surface area contributed by atoms with E-state index in [1.165, 1.54) is 16.2 Å². The minimum atomic E-state index is -4.65. The van der Waals surface area contributed by atoms with Crippen LogP contribution in [0.4, 0.5) is 30.8 Å². The van der Waals surface area contributed by atoms with Crippen molar-refractivity contribution in [3.05, 3.63) is 107 Å². The topological polar surface area (TPSA) is 75.6 Å². The van der Waals surface area contributed by atoms with Crippen LogP contribution in [-0.2, 0) is 28.6 Å². The molecule has 266 valence electrons. The van der Waals surface area contributed by atoms with E-state index in [2.05, 4.69) is 83.3 Å². The molecule has 6 rings (SSSR count). The van der Waals surface area contributed by atoms with Gasteiger partial charge >= 0.3 is 6.18 Å². The summed E-state index contributed by atoms with van der Waals surface area (Å²) in [6.07, 6.45) is 0.577. The molecule has 1 atom stereocenters. The molecule has 0 unspecified atom stereocenters. The van der Waals surface area contributed by atoms with Crippen molar-refractivity contribution in [2.24, 2.45) is 0 Å². The molecule has 2 fully saturated rings. The van der Waals surface area contributed by atoms with Crippen molar-refractivity contribution in [1.82, 2.24) is 19.9 Å². The SMILES string of the molecule is CC(C)(C)[Si](C)(C)OCc1ccc(CN2CCC(c3ccc(Nc4ncc(C(F)(F)F)c(N5OCC[C@H]5c5ccccc5)n4)nc3)CC2)cc1. The highest BCUT2D eigenvalue weighted by Gasteiger charge is 2.41. The van der Waals surface area contributed by atoms with Crippen molar-refractivity contribution in [1.29, 1.82) is 0 Å². The fraction of sp³-hybridized carbons (Fsp3) is 0.447. The Morgan fingerprint density at radius 1 is 0.860 bits per heavy atom. The second kappa shape index (κ2) is 14.8. The number of hydrogen-bond donors (Lipinski definition) is 1. The predicted molar refractivity (Wildman–Crippen MR) is 192 cm³/mol. The number of nitrogens with one attached hydrogen (secondary N) is 1. The maximum absolute atomic E-state index is 14.0. The number of halogens is 3. The highest BCUT2D eigenvalue weighted by Crippen LogP contribution is 2.42. The molecule has 4 aromatic rings. The highest BCUT2D eigenvalue weighted by molar-refractivity contribution is 6.74. The summed E-state index contributed by atoms with van der Waals surface area (Å²) in [5.74, 6) is 0.534. The number of anilines is 3. The minimum absolute atomic E-state index is 0.0139. The van der Waals surface area contributed by atoms with Gasteiger partial charge in [0.15, 0.2) is 14.1 Å². The average Bonchev–Trinajstić information content (AvgIpc) is 3.58. The zero-order valence-corrected chi connectivity index (χ0v) is 30.5. The Morgan fingerprint density at radius 3 is 2.20 bits per heavy atom. The lowest BCUT2D eigenvalue weighted by atomic mass is 9.90. The van der Waals surface area contributed by atoms with Gasteiger partial charge in [0, 0.05) is 25.4 Å². The fourth-order valence-corrected chi connectivity index (χ4v) is 7.16. The van der Waals surface area contributed by atoms with Gasteiger partial charge in [-0.15, -0.1) is 0 Å². The molecule has 0 radical (unpaired) electrons. The van der Waals surface area contributed by atoms with E-state index >= 15 is 0 Å². The molecule has 1 N–H and O–H groups in total. The number of hydrogen-bond acceptors (Lipinski definition) is 8. The maximum Gasteiger partial charge on any atom is 0.421 e. The van der Waals surface area contributed by atoms with Gasteiger partial charge in [0.25, 0.3) is 0 Å². The molecule has 0 bridgehead atoms. The Kier molecular flexibility index (Phi) is 10.6. The number of hydroxylamine groups is 1. The quantitative estimate of drug-likeness (QED) is 0.164. The highest BCUT2D eigenvalue weighted by atomic mass is 28.4. The Labute approximate surface area is 294 Å². The fourth-order valence-electron chi connectivity index (χ4n) is 6.20. The summed E-state index contributed by atoms with van der Waals surface area (Å²) in [5, 5.41) is 4.45. The molecule has 0 aliphatic carbocycles. The molecule has 4 heterocycles. The van der Waals surface area contributed by atoms with Crippen LogP contribution in [0.1, 0.15) is 79.8 Å². The van der Waals surface area contributed by atoms with Crippen molar-refractivity contribution in [3.8, 4) is 0 Å². The van der Waals surface area contributed by atoms with E-state index < -0.39 is 26.1 Å². The Hall–Kier alpha value is -3.84. The van der Waals surface area contributed by atoms with E-state index in [4.69, 9.17) is 9.26 Å². The first-order chi connectivity index (χ1) is 23.8. The number of benzene rings is 2. The standard InChI is InChI=1S/C38H47F3N6O2Si/c1-37(2,3)50(4,5)49-26-28-13-11-27(12-14-28)25-46-20-17-29(18-21-46)31-15-16-34(42-23-31)44-36-43-24-32(38(39,40)41)35(45-36)47-33(19-22-48-47)30-9-7-6-8-10-30/h6-16,23-24,29,33H,17-22,25-26H2,1-5H3,(H,42,43,44,45)/t33-/m0/s1. The largest absolute Gasteiger partial charge is 0.421 e. The third-order valence-electron chi connectivity index (χ3n) is 10.3. The first-order valence-corrected chi connectivity index (χ1v) is 20.3. The van der Waals surface area contributed by atoms with Crippen LogP contribution in [0.25, 0.3) is 0 Å². The van der Waals surface area contributed by atoms with Crippen molar-refractivity contribution >= 4 is 25.9 Å². The van der Waals surface area contributed by atoms with E-state index in [-0.39, 0.29) is 23.4 Å². The summed E-state index contributed by atoms with van der Waals surface area (Å²) in [4.78, 5) is 21.0. The Bertz CT molecular complexity index is 1710. The number of likely N-dealkylation sites (tertiary alicyclic amines) is 1. The van der Waals surface area contributed by atoms with E-state index in [0.29, 0.717) is 24.8 Å². The molecule has 2 saturated heterocycles. The van der Waals surface area contributed by atoms with Crippen molar-refractivity contribution < 1.29 is 22.4 Å². The van der Waals surface area contributed by atoms with Gasteiger partial charge in [-0.1, -0.05) is 81.4 Å². The van der Waals surface area contributed by atoms with Crippen molar-refractivity contribution in [2.45, 2.75) is 89.5 Å². The van der Waals surface area contributed by atoms with Gasteiger partial charge in [0.05, 0.1) is 19.3 Å². The molecule has 0 amide bonds. The van der Waals surface area contributed by atoms with Crippen LogP contribution >= 0.6 is 0 Å². The molecular weight excluding hydrogens is 658 g/mol. The second-order valence-corrected chi connectivity index (χ2v) is 19.6. The summed E-state index contributed by atoms with van der Waals surface area (Å²) in [7, 11) is -1.78. The van der Waals surface area contributed by atoms with Crippen LogP contribution in [0.15, 0.2) is 79.1 Å². The van der Waals surface area contributed by atoms with E-state index in [9.17, 15) is 13.2 Å². The molecule has 12 heteroatoms. The first-order valence-electron chi connectivity index (χ1n) is 17.4. The molecule has 0 saturated carbocycles. The van der Waals surface area contributed by atoms with Crippen LogP contribution in [-0.4, -0.2) is 47.9 Å². The lowest BCUT2D eigenvalue weighted by molar-refractivity contribution is -0.138. The third-order valence-corrected chi connectivity index (χ3v) is 14.8. The minimum Gasteiger partial charge on any atom is -0.413 e. The number of pyridine rings is 1. The average molecular weight is 705 g/mol. The van der Waals surface area contributed by atoms with Crippen molar-refractivity contribution in [2.75, 3.05) is 30.1 Å². The molecule has 50 heavy (non-hydrogen) atoms. The van der Waals surface area contributed by atoms with Crippen LogP contribution in [0, 0.1) is 0 Å². The molecular formula is C38H47F3N6O2Si. The number of alkyl halides is 3. The zero-order valence-electron chi connectivity index (χ0n) is 29.5. The van der Waals surface area contributed by atoms with Gasteiger partial charge in [-0.05, 0) is 78.3 Å². The lowest BCUT2D eigenvalue weighted by Gasteiger charge is -2.36. The number of aromatic nitrogens is 3. The number of nitrogens with zero attached hydrogens (tertiary/aromatic N) is 5. The summed E-state index contributed by atoms with van der Waals surface area (Å²) in [6.45, 7) is 15.2. The van der Waals surface area contributed by atoms with Crippen molar-refractivity contribution in [3.63, 3.8) is 0 Å². The van der Waals surface area contributed by atoms with Gasteiger partial charge in [-0.3, -0.25) is 9.74 Å². The molecule has 0 spiro atoms. The number of rotatable bonds is 10. The smallest absolute Gasteiger partial charge is 0.413 e.